The lowest BCUT2D eigenvalue weighted by Crippen LogP contribution is -2.14. The first kappa shape index (κ1) is 21.2. The van der Waals surface area contributed by atoms with Crippen LogP contribution in [-0.2, 0) is 26.3 Å². The molecule has 0 unspecified atom stereocenters. The molecule has 146 valence electrons. The number of nitrogens with one attached hydrogen (secondary N) is 1. The monoisotopic (exact) mass is 419 g/mol. The number of carbonyl (C=O) groups excluding carboxylic acids is 2. The number of anilines is 1. The molecule has 6 nitrogen and oxygen atoms in total. The Morgan fingerprint density at radius 3 is 2.67 bits per heavy atom. The van der Waals surface area contributed by atoms with E-state index in [4.69, 9.17) is 4.74 Å². The van der Waals surface area contributed by atoms with Gasteiger partial charge in [-0.2, -0.15) is 13.2 Å². The molecule has 1 aromatic carbocycles. The zero-order chi connectivity index (χ0) is 19.9. The van der Waals surface area contributed by atoms with Gasteiger partial charge in [0.15, 0.2) is 4.34 Å². The lowest BCUT2D eigenvalue weighted by atomic mass is 10.1. The molecule has 1 aromatic heterocycles. The Kier molecular flexibility index (Phi) is 7.60. The summed E-state index contributed by atoms with van der Waals surface area (Å²) in [6.07, 6.45) is -4.52. The van der Waals surface area contributed by atoms with Crippen LogP contribution in [0.3, 0.4) is 0 Å². The number of rotatable bonds is 8. The third-order valence-electron chi connectivity index (χ3n) is 3.19. The van der Waals surface area contributed by atoms with E-state index in [1.54, 1.807) is 13.0 Å². The SMILES string of the molecule is CCOC(=O)CCC(=O)Nc1nnc(SCc2ccccc2C(F)(F)F)s1. The van der Waals surface area contributed by atoms with Gasteiger partial charge in [0, 0.05) is 12.2 Å². The number of aromatic nitrogens is 2. The second kappa shape index (κ2) is 9.70. The summed E-state index contributed by atoms with van der Waals surface area (Å²) in [5, 5.41) is 10.3. The maximum Gasteiger partial charge on any atom is 0.416 e. The smallest absolute Gasteiger partial charge is 0.416 e. The Morgan fingerprint density at radius 1 is 1.22 bits per heavy atom. The summed E-state index contributed by atoms with van der Waals surface area (Å²) in [5.74, 6) is -0.816. The molecule has 0 radical (unpaired) electrons. The van der Waals surface area contributed by atoms with Gasteiger partial charge in [-0.15, -0.1) is 10.2 Å². The van der Waals surface area contributed by atoms with Gasteiger partial charge in [0.1, 0.15) is 0 Å². The fourth-order valence-corrected chi connectivity index (χ4v) is 3.78. The molecule has 2 aromatic rings. The van der Waals surface area contributed by atoms with Crippen LogP contribution in [0.1, 0.15) is 30.9 Å². The van der Waals surface area contributed by atoms with Crippen LogP contribution in [0, 0.1) is 0 Å². The number of ether oxygens (including phenoxy) is 1. The zero-order valence-electron chi connectivity index (χ0n) is 14.2. The van der Waals surface area contributed by atoms with E-state index in [0.29, 0.717) is 4.34 Å². The molecule has 2 rings (SSSR count). The molecule has 0 saturated carbocycles. The van der Waals surface area contributed by atoms with Gasteiger partial charge < -0.3 is 10.1 Å². The summed E-state index contributed by atoms with van der Waals surface area (Å²) < 4.78 is 44.1. The van der Waals surface area contributed by atoms with Crippen LogP contribution in [0.25, 0.3) is 0 Å². The number of amides is 1. The number of esters is 1. The Bertz CT molecular complexity index is 796. The largest absolute Gasteiger partial charge is 0.466 e. The minimum atomic E-state index is -4.42. The van der Waals surface area contributed by atoms with E-state index in [9.17, 15) is 22.8 Å². The van der Waals surface area contributed by atoms with Gasteiger partial charge >= 0.3 is 12.1 Å². The first-order valence-electron chi connectivity index (χ1n) is 7.86. The summed E-state index contributed by atoms with van der Waals surface area (Å²) in [4.78, 5) is 23.0. The second-order valence-corrected chi connectivity index (χ2v) is 7.37. The molecule has 11 heteroatoms. The highest BCUT2D eigenvalue weighted by Crippen LogP contribution is 2.35. The first-order chi connectivity index (χ1) is 12.8. The summed E-state index contributed by atoms with van der Waals surface area (Å²) in [7, 11) is 0. The normalized spacial score (nSPS) is 11.3. The van der Waals surface area contributed by atoms with E-state index < -0.39 is 23.6 Å². The summed E-state index contributed by atoms with van der Waals surface area (Å²) >= 11 is 2.15. The van der Waals surface area contributed by atoms with Crippen molar-refractivity contribution in [1.29, 1.82) is 0 Å². The summed E-state index contributed by atoms with van der Waals surface area (Å²) in [6, 6.07) is 5.33. The number of benzene rings is 1. The molecular weight excluding hydrogens is 403 g/mol. The van der Waals surface area contributed by atoms with Crippen LogP contribution in [0.4, 0.5) is 18.3 Å². The van der Waals surface area contributed by atoms with Crippen molar-refractivity contribution in [2.24, 2.45) is 0 Å². The predicted molar refractivity (Wildman–Crippen MR) is 95.4 cm³/mol. The standard InChI is InChI=1S/C16H16F3N3O3S2/c1-2-25-13(24)8-7-12(23)20-14-21-22-15(27-14)26-9-10-5-3-4-6-11(10)16(17,18)19/h3-6H,2,7-9H2,1H3,(H,20,21,23). The molecule has 1 heterocycles. The van der Waals surface area contributed by atoms with E-state index in [0.717, 1.165) is 29.2 Å². The second-order valence-electron chi connectivity index (χ2n) is 5.17. The molecule has 0 aliphatic carbocycles. The number of thioether (sulfide) groups is 1. The van der Waals surface area contributed by atoms with Gasteiger partial charge in [-0.1, -0.05) is 41.3 Å². The Balaban J connectivity index is 1.88. The highest BCUT2D eigenvalue weighted by Gasteiger charge is 2.32. The fraction of sp³-hybridized carbons (Fsp3) is 0.375. The highest BCUT2D eigenvalue weighted by atomic mass is 32.2. The molecular formula is C16H16F3N3O3S2. The molecule has 0 fully saturated rings. The number of nitrogens with zero attached hydrogens (tertiary/aromatic N) is 2. The third-order valence-corrected chi connectivity index (χ3v) is 5.21. The predicted octanol–water partition coefficient (Wildman–Crippen LogP) is 4.13. The Labute approximate surface area is 161 Å². The van der Waals surface area contributed by atoms with Gasteiger partial charge in [-0.3, -0.25) is 9.59 Å². The quantitative estimate of drug-likeness (QED) is 0.394. The minimum Gasteiger partial charge on any atom is -0.466 e. The Morgan fingerprint density at radius 2 is 1.96 bits per heavy atom. The van der Waals surface area contributed by atoms with Gasteiger partial charge in [-0.05, 0) is 18.6 Å². The number of halogens is 3. The van der Waals surface area contributed by atoms with E-state index in [-0.39, 0.29) is 35.9 Å². The molecule has 0 atom stereocenters. The molecule has 1 N–H and O–H groups in total. The summed E-state index contributed by atoms with van der Waals surface area (Å²) in [6.45, 7) is 1.92. The van der Waals surface area contributed by atoms with E-state index in [2.05, 4.69) is 15.5 Å². The number of hydrogen-bond donors (Lipinski definition) is 1. The highest BCUT2D eigenvalue weighted by molar-refractivity contribution is 8.00. The zero-order valence-corrected chi connectivity index (χ0v) is 15.8. The maximum atomic E-state index is 13.0. The van der Waals surface area contributed by atoms with Crippen molar-refractivity contribution in [3.8, 4) is 0 Å². The van der Waals surface area contributed by atoms with Crippen molar-refractivity contribution >= 4 is 40.1 Å². The van der Waals surface area contributed by atoms with Crippen LogP contribution in [-0.4, -0.2) is 28.7 Å². The lowest BCUT2D eigenvalue weighted by Gasteiger charge is -2.11. The fourth-order valence-electron chi connectivity index (χ4n) is 2.01. The van der Waals surface area contributed by atoms with E-state index in [1.165, 1.54) is 12.1 Å². The molecule has 0 spiro atoms. The first-order valence-corrected chi connectivity index (χ1v) is 9.66. The van der Waals surface area contributed by atoms with E-state index >= 15 is 0 Å². The van der Waals surface area contributed by atoms with Crippen LogP contribution >= 0.6 is 23.1 Å². The van der Waals surface area contributed by atoms with Crippen molar-refractivity contribution in [2.45, 2.75) is 36.0 Å². The Hall–Kier alpha value is -2.14. The number of alkyl halides is 3. The molecule has 0 aliphatic rings. The van der Waals surface area contributed by atoms with Crippen LogP contribution < -0.4 is 5.32 Å². The number of hydrogen-bond acceptors (Lipinski definition) is 7. The summed E-state index contributed by atoms with van der Waals surface area (Å²) in [5.41, 5.74) is -0.542. The van der Waals surface area contributed by atoms with Crippen molar-refractivity contribution in [3.63, 3.8) is 0 Å². The molecule has 27 heavy (non-hydrogen) atoms. The number of carbonyl (C=O) groups is 2. The van der Waals surface area contributed by atoms with Gasteiger partial charge in [0.2, 0.25) is 11.0 Å². The van der Waals surface area contributed by atoms with Crippen LogP contribution in [0.2, 0.25) is 0 Å². The average molecular weight is 419 g/mol. The van der Waals surface area contributed by atoms with Gasteiger partial charge in [0.25, 0.3) is 0 Å². The minimum absolute atomic E-state index is 0.0473. The molecule has 0 aliphatic heterocycles. The van der Waals surface area contributed by atoms with Gasteiger partial charge in [-0.25, -0.2) is 0 Å². The third kappa shape index (κ3) is 6.83. The van der Waals surface area contributed by atoms with Crippen molar-refractivity contribution < 1.29 is 27.5 Å². The average Bonchev–Trinajstić information content (AvgIpc) is 3.05. The van der Waals surface area contributed by atoms with Crippen LogP contribution in [0.5, 0.6) is 0 Å². The van der Waals surface area contributed by atoms with Crippen molar-refractivity contribution in [1.82, 2.24) is 10.2 Å². The van der Waals surface area contributed by atoms with Crippen LogP contribution in [0.15, 0.2) is 28.6 Å². The topological polar surface area (TPSA) is 81.2 Å². The van der Waals surface area contributed by atoms with Crippen molar-refractivity contribution in [2.75, 3.05) is 11.9 Å². The maximum absolute atomic E-state index is 13.0. The molecule has 0 bridgehead atoms. The lowest BCUT2D eigenvalue weighted by molar-refractivity contribution is -0.144. The van der Waals surface area contributed by atoms with E-state index in [1.807, 2.05) is 0 Å². The van der Waals surface area contributed by atoms with Gasteiger partial charge in [0.05, 0.1) is 18.6 Å². The molecule has 0 saturated heterocycles. The van der Waals surface area contributed by atoms with Crippen molar-refractivity contribution in [3.05, 3.63) is 35.4 Å². The molecule has 1 amide bonds.